The van der Waals surface area contributed by atoms with E-state index >= 15 is 0 Å². The predicted molar refractivity (Wildman–Crippen MR) is 120 cm³/mol. The molecule has 0 aromatic heterocycles. The molecule has 0 unspecified atom stereocenters. The number of hydrogen-bond acceptors (Lipinski definition) is 7. The molecule has 1 aliphatic rings. The average molecular weight is 531 g/mol. The quantitative estimate of drug-likeness (QED) is 0.298. The van der Waals surface area contributed by atoms with Crippen LogP contribution in [0.1, 0.15) is 35.7 Å². The van der Waals surface area contributed by atoms with Crippen LogP contribution in [-0.4, -0.2) is 61.1 Å². The first-order valence-corrected chi connectivity index (χ1v) is 10.8. The molecule has 3 N–H and O–H groups in total. The van der Waals surface area contributed by atoms with Crippen molar-refractivity contribution in [1.29, 1.82) is 0 Å². The Hall–Kier alpha value is -3.23. The van der Waals surface area contributed by atoms with E-state index < -0.39 is 66.1 Å². The number of benzene rings is 2. The van der Waals surface area contributed by atoms with Crippen molar-refractivity contribution in [3.63, 3.8) is 0 Å². The summed E-state index contributed by atoms with van der Waals surface area (Å²) >= 11 is 0. The Labute approximate surface area is 208 Å². The molecule has 3 rings (SSSR count). The standard InChI is InChI=1S/C23H23BF5NO7/c1-10-16(12-6-8-15(25)17(26)18(12)35-3)19(37-22(10,2)23(27,28)29)20(31)30-11-5-7-14(24(33)34)13(9-11)21(32)36-4/h5-10,16,19,33-34H,1-4H3,(H,30,31)/t10-,16-,19+,22+/m0/s1. The largest absolute Gasteiger partial charge is 0.493 e. The highest BCUT2D eigenvalue weighted by molar-refractivity contribution is 6.60. The van der Waals surface area contributed by atoms with E-state index in [0.29, 0.717) is 6.07 Å². The SMILES string of the molecule is COC(=O)c1cc(NC(=O)[C@@H]2O[C@@](C)(C(F)(F)F)[C@@H](C)[C@H]2c2ccc(F)c(F)c2OC)ccc1B(O)O. The monoisotopic (exact) mass is 531 g/mol. The second-order valence-electron chi connectivity index (χ2n) is 8.60. The number of carbonyl (C=O) groups is 2. The molecule has 0 spiro atoms. The molecule has 1 heterocycles. The fourth-order valence-electron chi connectivity index (χ4n) is 4.40. The lowest BCUT2D eigenvalue weighted by atomic mass is 9.76. The zero-order valence-electron chi connectivity index (χ0n) is 20.0. The van der Waals surface area contributed by atoms with E-state index in [-0.39, 0.29) is 22.3 Å². The predicted octanol–water partition coefficient (Wildman–Crippen LogP) is 2.52. The molecule has 4 atom stereocenters. The van der Waals surface area contributed by atoms with Gasteiger partial charge in [0.2, 0.25) is 5.82 Å². The van der Waals surface area contributed by atoms with Crippen LogP contribution in [0.5, 0.6) is 5.75 Å². The van der Waals surface area contributed by atoms with Crippen molar-refractivity contribution in [2.24, 2.45) is 5.92 Å². The van der Waals surface area contributed by atoms with E-state index in [1.807, 2.05) is 0 Å². The lowest BCUT2D eigenvalue weighted by Gasteiger charge is -2.32. The lowest BCUT2D eigenvalue weighted by molar-refractivity contribution is -0.272. The van der Waals surface area contributed by atoms with Crippen molar-refractivity contribution < 1.29 is 55.8 Å². The van der Waals surface area contributed by atoms with Gasteiger partial charge in [-0.1, -0.05) is 19.1 Å². The van der Waals surface area contributed by atoms with Crippen LogP contribution in [0.3, 0.4) is 0 Å². The van der Waals surface area contributed by atoms with Crippen molar-refractivity contribution >= 4 is 30.1 Å². The van der Waals surface area contributed by atoms with Crippen molar-refractivity contribution in [3.05, 3.63) is 53.1 Å². The smallest absolute Gasteiger partial charge is 0.489 e. The van der Waals surface area contributed by atoms with Gasteiger partial charge in [0, 0.05) is 23.1 Å². The normalized spacial score (nSPS) is 23.5. The molecular weight excluding hydrogens is 508 g/mol. The van der Waals surface area contributed by atoms with Gasteiger partial charge in [-0.15, -0.1) is 0 Å². The van der Waals surface area contributed by atoms with Crippen molar-refractivity contribution in [1.82, 2.24) is 0 Å². The van der Waals surface area contributed by atoms with Gasteiger partial charge in [0.1, 0.15) is 6.10 Å². The first-order chi connectivity index (χ1) is 17.2. The number of halogens is 5. The number of alkyl halides is 3. The highest BCUT2D eigenvalue weighted by Crippen LogP contribution is 2.55. The number of methoxy groups -OCH3 is 2. The second-order valence-corrected chi connectivity index (χ2v) is 8.60. The molecule has 0 saturated carbocycles. The number of nitrogens with one attached hydrogen (secondary N) is 1. The number of amides is 1. The molecule has 2 aromatic rings. The van der Waals surface area contributed by atoms with Crippen molar-refractivity contribution in [2.75, 3.05) is 19.5 Å². The molecule has 0 radical (unpaired) electrons. The summed E-state index contributed by atoms with van der Waals surface area (Å²) in [5, 5.41) is 21.3. The summed E-state index contributed by atoms with van der Waals surface area (Å²) in [6, 6.07) is 5.04. The van der Waals surface area contributed by atoms with Gasteiger partial charge in [-0.2, -0.15) is 17.6 Å². The Morgan fingerprint density at radius 3 is 2.32 bits per heavy atom. The molecule has 1 fully saturated rings. The minimum atomic E-state index is -4.94. The number of rotatable bonds is 6. The van der Waals surface area contributed by atoms with Gasteiger partial charge in [0.15, 0.2) is 17.2 Å². The summed E-state index contributed by atoms with van der Waals surface area (Å²) in [6.45, 7) is 1.91. The molecular formula is C23H23BF5NO7. The number of hydrogen-bond donors (Lipinski definition) is 3. The molecule has 8 nitrogen and oxygen atoms in total. The molecule has 2 aromatic carbocycles. The maximum absolute atomic E-state index is 14.5. The minimum Gasteiger partial charge on any atom is -0.493 e. The third-order valence-corrected chi connectivity index (χ3v) is 6.57. The van der Waals surface area contributed by atoms with E-state index in [1.54, 1.807) is 0 Å². The van der Waals surface area contributed by atoms with Crippen LogP contribution in [0, 0.1) is 17.6 Å². The van der Waals surface area contributed by atoms with E-state index in [9.17, 15) is 41.6 Å². The van der Waals surface area contributed by atoms with Crippen LogP contribution in [0.4, 0.5) is 27.6 Å². The Bertz CT molecular complexity index is 1210. The van der Waals surface area contributed by atoms with Crippen LogP contribution in [-0.2, 0) is 14.3 Å². The van der Waals surface area contributed by atoms with Crippen LogP contribution >= 0.6 is 0 Å². The van der Waals surface area contributed by atoms with Crippen LogP contribution in [0.2, 0.25) is 0 Å². The molecule has 1 amide bonds. The van der Waals surface area contributed by atoms with E-state index in [4.69, 9.17) is 9.47 Å². The summed E-state index contributed by atoms with van der Waals surface area (Å²) in [6.07, 6.45) is -6.80. The van der Waals surface area contributed by atoms with Gasteiger partial charge in [-0.25, -0.2) is 9.18 Å². The number of anilines is 1. The molecule has 0 bridgehead atoms. The third-order valence-electron chi connectivity index (χ3n) is 6.57. The first-order valence-electron chi connectivity index (χ1n) is 10.8. The Balaban J connectivity index is 2.08. The van der Waals surface area contributed by atoms with E-state index in [0.717, 1.165) is 39.3 Å². The second kappa shape index (κ2) is 10.3. The van der Waals surface area contributed by atoms with Crippen molar-refractivity contribution in [3.8, 4) is 5.75 Å². The first kappa shape index (κ1) is 28.3. The van der Waals surface area contributed by atoms with Crippen molar-refractivity contribution in [2.45, 2.75) is 37.6 Å². The van der Waals surface area contributed by atoms with Gasteiger partial charge in [-0.3, -0.25) is 4.79 Å². The molecule has 1 saturated heterocycles. The Kier molecular flexibility index (Phi) is 7.87. The Morgan fingerprint density at radius 2 is 1.78 bits per heavy atom. The van der Waals surface area contributed by atoms with Crippen LogP contribution in [0.25, 0.3) is 0 Å². The zero-order valence-corrected chi connectivity index (χ0v) is 20.0. The fraction of sp³-hybridized carbons (Fsp3) is 0.391. The zero-order chi connectivity index (χ0) is 27.9. The summed E-state index contributed by atoms with van der Waals surface area (Å²) in [5.74, 6) is -8.36. The summed E-state index contributed by atoms with van der Waals surface area (Å²) < 4.78 is 85.2. The Morgan fingerprint density at radius 1 is 1.14 bits per heavy atom. The van der Waals surface area contributed by atoms with Gasteiger partial charge in [0.05, 0.1) is 19.8 Å². The minimum absolute atomic E-state index is 0.109. The number of esters is 1. The topological polar surface area (TPSA) is 114 Å². The van der Waals surface area contributed by atoms with E-state index in [1.165, 1.54) is 13.0 Å². The average Bonchev–Trinajstić information content (AvgIpc) is 3.11. The molecule has 14 heteroatoms. The van der Waals surface area contributed by atoms with Crippen LogP contribution < -0.4 is 15.5 Å². The van der Waals surface area contributed by atoms with Gasteiger partial charge in [0.25, 0.3) is 5.91 Å². The fourth-order valence-corrected chi connectivity index (χ4v) is 4.40. The van der Waals surface area contributed by atoms with Crippen LogP contribution in [0.15, 0.2) is 30.3 Å². The number of ether oxygens (including phenoxy) is 3. The third kappa shape index (κ3) is 5.00. The molecule has 1 aliphatic heterocycles. The lowest BCUT2D eigenvalue weighted by Crippen LogP contribution is -2.47. The maximum atomic E-state index is 14.5. The van der Waals surface area contributed by atoms with Gasteiger partial charge < -0.3 is 29.6 Å². The molecule has 37 heavy (non-hydrogen) atoms. The summed E-state index contributed by atoms with van der Waals surface area (Å²) in [5.41, 5.74) is -3.74. The van der Waals surface area contributed by atoms with Gasteiger partial charge >= 0.3 is 19.3 Å². The van der Waals surface area contributed by atoms with Gasteiger partial charge in [-0.05, 0) is 30.6 Å². The molecule has 0 aliphatic carbocycles. The summed E-state index contributed by atoms with van der Waals surface area (Å²) in [7, 11) is -0.0200. The maximum Gasteiger partial charge on any atom is 0.489 e. The highest BCUT2D eigenvalue weighted by Gasteiger charge is 2.65. The number of carbonyl (C=O) groups excluding carboxylic acids is 2. The molecule has 200 valence electrons. The highest BCUT2D eigenvalue weighted by atomic mass is 19.4. The summed E-state index contributed by atoms with van der Waals surface area (Å²) in [4.78, 5) is 25.3. The van der Waals surface area contributed by atoms with E-state index in [2.05, 4.69) is 10.1 Å².